The molecule has 0 saturated carbocycles. The van der Waals surface area contributed by atoms with Gasteiger partial charge in [-0.3, -0.25) is 0 Å². The van der Waals surface area contributed by atoms with Gasteiger partial charge in [-0.15, -0.1) is 22.7 Å². The van der Waals surface area contributed by atoms with Gasteiger partial charge in [0.25, 0.3) is 0 Å². The molecule has 3 rings (SSSR count). The van der Waals surface area contributed by atoms with E-state index in [1.807, 2.05) is 6.92 Å². The summed E-state index contributed by atoms with van der Waals surface area (Å²) in [6.07, 6.45) is 0. The Morgan fingerprint density at radius 1 is 1.47 bits per heavy atom. The van der Waals surface area contributed by atoms with Gasteiger partial charge >= 0.3 is 0 Å². The second-order valence-electron chi connectivity index (χ2n) is 3.69. The first-order valence-corrected chi connectivity index (χ1v) is 7.63. The van der Waals surface area contributed by atoms with Gasteiger partial charge in [-0.05, 0) is 18.4 Å². The van der Waals surface area contributed by atoms with Crippen LogP contribution >= 0.6 is 35.3 Å². The predicted molar refractivity (Wildman–Crippen MR) is 79.1 cm³/mol. The van der Waals surface area contributed by atoms with E-state index in [1.54, 1.807) is 22.7 Å². The molecule has 0 saturated heterocycles. The molecule has 0 aliphatic carbocycles. The van der Waals surface area contributed by atoms with E-state index in [0.29, 0.717) is 6.61 Å². The normalized spacial score (nSPS) is 11.4. The van der Waals surface area contributed by atoms with E-state index in [4.69, 9.17) is 4.74 Å². The molecule has 17 heavy (non-hydrogen) atoms. The van der Waals surface area contributed by atoms with Crippen molar-refractivity contribution in [2.75, 3.05) is 12.4 Å². The van der Waals surface area contributed by atoms with E-state index in [1.165, 1.54) is 9.40 Å². The lowest BCUT2D eigenvalue weighted by atomic mass is 10.2. The van der Waals surface area contributed by atoms with Gasteiger partial charge in [-0.2, -0.15) is 12.6 Å². The Balaban J connectivity index is 2.27. The highest BCUT2D eigenvalue weighted by molar-refractivity contribution is 7.80. The van der Waals surface area contributed by atoms with Gasteiger partial charge in [-0.1, -0.05) is 0 Å². The average Bonchev–Trinajstić information content (AvgIpc) is 2.90. The van der Waals surface area contributed by atoms with Crippen molar-refractivity contribution in [1.82, 2.24) is 4.98 Å². The monoisotopic (exact) mass is 281 g/mol. The largest absolute Gasteiger partial charge is 0.492 e. The van der Waals surface area contributed by atoms with E-state index in [2.05, 4.69) is 35.1 Å². The Kier molecular flexibility index (Phi) is 2.98. The first-order chi connectivity index (χ1) is 8.29. The smallest absolute Gasteiger partial charge is 0.129 e. The van der Waals surface area contributed by atoms with Crippen LogP contribution in [-0.4, -0.2) is 17.3 Å². The summed E-state index contributed by atoms with van der Waals surface area (Å²) in [5.41, 5.74) is 1.11. The van der Waals surface area contributed by atoms with Crippen LogP contribution in [0.5, 0.6) is 5.75 Å². The maximum absolute atomic E-state index is 5.75. The average molecular weight is 281 g/mol. The molecular formula is C12H11NOS3. The lowest BCUT2D eigenvalue weighted by Crippen LogP contribution is -1.98. The molecule has 2 aromatic heterocycles. The fraction of sp³-hybridized carbons (Fsp3) is 0.250. The summed E-state index contributed by atoms with van der Waals surface area (Å²) in [7, 11) is 0. The molecule has 0 amide bonds. The fourth-order valence-electron chi connectivity index (χ4n) is 1.86. The van der Waals surface area contributed by atoms with Crippen molar-refractivity contribution in [3.63, 3.8) is 0 Å². The summed E-state index contributed by atoms with van der Waals surface area (Å²) < 4.78 is 8.18. The quantitative estimate of drug-likeness (QED) is 0.729. The highest BCUT2D eigenvalue weighted by Gasteiger charge is 2.12. The van der Waals surface area contributed by atoms with Gasteiger partial charge in [0, 0.05) is 17.2 Å². The maximum atomic E-state index is 5.75. The van der Waals surface area contributed by atoms with Crippen LogP contribution in [0.1, 0.15) is 5.01 Å². The van der Waals surface area contributed by atoms with Crippen molar-refractivity contribution in [3.8, 4) is 5.75 Å². The van der Waals surface area contributed by atoms with E-state index >= 15 is 0 Å². The minimum absolute atomic E-state index is 0.636. The highest BCUT2D eigenvalue weighted by atomic mass is 32.1. The zero-order valence-electron chi connectivity index (χ0n) is 9.27. The van der Waals surface area contributed by atoms with Gasteiger partial charge < -0.3 is 4.74 Å². The van der Waals surface area contributed by atoms with Crippen molar-refractivity contribution < 1.29 is 4.74 Å². The van der Waals surface area contributed by atoms with Crippen LogP contribution in [0.4, 0.5) is 0 Å². The highest BCUT2D eigenvalue weighted by Crippen LogP contribution is 2.38. The lowest BCUT2D eigenvalue weighted by molar-refractivity contribution is 0.349. The zero-order chi connectivity index (χ0) is 11.8. The number of thiol groups is 1. The zero-order valence-corrected chi connectivity index (χ0v) is 11.8. The molecule has 0 spiro atoms. The van der Waals surface area contributed by atoms with Crippen LogP contribution in [0.3, 0.4) is 0 Å². The summed E-state index contributed by atoms with van der Waals surface area (Å²) in [5, 5.41) is 4.35. The van der Waals surface area contributed by atoms with Gasteiger partial charge in [0.05, 0.1) is 26.5 Å². The minimum Gasteiger partial charge on any atom is -0.492 e. The summed E-state index contributed by atoms with van der Waals surface area (Å²) in [4.78, 5) is 4.59. The van der Waals surface area contributed by atoms with E-state index in [0.717, 1.165) is 27.4 Å². The number of thiazole rings is 1. The molecule has 0 fully saturated rings. The molecule has 1 aromatic carbocycles. The third-order valence-corrected chi connectivity index (χ3v) is 4.54. The number of aromatic nitrogens is 1. The molecule has 88 valence electrons. The van der Waals surface area contributed by atoms with Crippen molar-refractivity contribution in [2.45, 2.75) is 6.92 Å². The van der Waals surface area contributed by atoms with Gasteiger partial charge in [-0.25, -0.2) is 4.98 Å². The van der Waals surface area contributed by atoms with E-state index in [9.17, 15) is 0 Å². The van der Waals surface area contributed by atoms with Gasteiger partial charge in [0.15, 0.2) is 0 Å². The molecule has 3 aromatic rings. The molecule has 0 radical (unpaired) electrons. The number of ether oxygens (including phenoxy) is 1. The summed E-state index contributed by atoms with van der Waals surface area (Å²) in [6, 6.07) is 4.19. The molecule has 0 bridgehead atoms. The van der Waals surface area contributed by atoms with Crippen molar-refractivity contribution in [1.29, 1.82) is 0 Å². The maximum Gasteiger partial charge on any atom is 0.129 e. The van der Waals surface area contributed by atoms with Crippen LogP contribution < -0.4 is 4.74 Å². The van der Waals surface area contributed by atoms with Crippen molar-refractivity contribution in [2.24, 2.45) is 0 Å². The fourth-order valence-corrected chi connectivity index (χ4v) is 3.79. The third-order valence-electron chi connectivity index (χ3n) is 2.52. The summed E-state index contributed by atoms with van der Waals surface area (Å²) in [5.74, 6) is 1.68. The second-order valence-corrected chi connectivity index (χ2v) is 6.29. The number of hydrogen-bond acceptors (Lipinski definition) is 5. The van der Waals surface area contributed by atoms with E-state index < -0.39 is 0 Å². The Labute approximate surface area is 113 Å². The molecule has 0 aliphatic rings. The molecular weight excluding hydrogens is 270 g/mol. The van der Waals surface area contributed by atoms with Crippen LogP contribution in [-0.2, 0) is 0 Å². The SMILES string of the molecule is Cc1nc2c(cc(OCCS)c3ccsc32)s1. The molecule has 0 aliphatic heterocycles. The Hall–Kier alpha value is -0.780. The standard InChI is InChI=1S/C12H11NOS3/c1-7-13-11-10(17-7)6-9(14-3-4-15)8-2-5-16-12(8)11/h2,5-6,15H,3-4H2,1H3. The van der Waals surface area contributed by atoms with Gasteiger partial charge in [0.2, 0.25) is 0 Å². The van der Waals surface area contributed by atoms with Crippen molar-refractivity contribution in [3.05, 3.63) is 22.5 Å². The predicted octanol–water partition coefficient (Wildman–Crippen LogP) is 4.13. The number of benzene rings is 1. The van der Waals surface area contributed by atoms with Crippen LogP contribution in [0.2, 0.25) is 0 Å². The molecule has 2 heterocycles. The topological polar surface area (TPSA) is 22.1 Å². The molecule has 0 N–H and O–H groups in total. The third kappa shape index (κ3) is 1.92. The van der Waals surface area contributed by atoms with Gasteiger partial charge in [0.1, 0.15) is 5.75 Å². The lowest BCUT2D eigenvalue weighted by Gasteiger charge is -2.05. The van der Waals surface area contributed by atoms with Crippen LogP contribution in [0.15, 0.2) is 17.5 Å². The number of fused-ring (bicyclic) bond motifs is 3. The second kappa shape index (κ2) is 4.48. The molecule has 0 unspecified atom stereocenters. The Bertz CT molecular complexity index is 671. The first-order valence-electron chi connectivity index (χ1n) is 5.30. The summed E-state index contributed by atoms with van der Waals surface area (Å²) >= 11 is 7.61. The number of nitrogens with zero attached hydrogens (tertiary/aromatic N) is 1. The van der Waals surface area contributed by atoms with E-state index in [-0.39, 0.29) is 0 Å². The molecule has 2 nitrogen and oxygen atoms in total. The summed E-state index contributed by atoms with van der Waals surface area (Å²) in [6.45, 7) is 2.68. The Morgan fingerprint density at radius 3 is 3.18 bits per heavy atom. The number of thiophene rings is 1. The van der Waals surface area contributed by atoms with Crippen LogP contribution in [0.25, 0.3) is 20.3 Å². The van der Waals surface area contributed by atoms with Crippen molar-refractivity contribution >= 4 is 55.6 Å². The number of hydrogen-bond donors (Lipinski definition) is 1. The minimum atomic E-state index is 0.636. The first kappa shape index (κ1) is 11.3. The molecule has 5 heteroatoms. The van der Waals surface area contributed by atoms with Crippen LogP contribution in [0, 0.1) is 6.92 Å². The number of rotatable bonds is 3. The number of aryl methyl sites for hydroxylation is 1. The molecule has 0 atom stereocenters. The Morgan fingerprint density at radius 2 is 2.35 bits per heavy atom.